The number of hydrogen-bond acceptors (Lipinski definition) is 5. The molecule has 3 unspecified atom stereocenters. The summed E-state index contributed by atoms with van der Waals surface area (Å²) in [5.74, 6) is -0.280. The van der Waals surface area contributed by atoms with Crippen molar-refractivity contribution in [1.29, 1.82) is 0 Å². The maximum absolute atomic E-state index is 17.0. The fraction of sp³-hybridized carbons (Fsp3) is 0.679. The van der Waals surface area contributed by atoms with Crippen molar-refractivity contribution in [3.8, 4) is 0 Å². The molecule has 34 heavy (non-hydrogen) atoms. The van der Waals surface area contributed by atoms with Crippen LogP contribution in [0.15, 0.2) is 42.3 Å². The fourth-order valence-corrected chi connectivity index (χ4v) is 8.51. The van der Waals surface area contributed by atoms with Gasteiger partial charge in [0.05, 0.1) is 17.8 Å². The quantitative estimate of drug-likeness (QED) is 0.704. The number of fused-ring (bicyclic) bond motifs is 1. The van der Waals surface area contributed by atoms with Gasteiger partial charge in [-0.1, -0.05) is 31.2 Å². The Labute approximate surface area is 201 Å². The van der Waals surface area contributed by atoms with Crippen LogP contribution in [0.1, 0.15) is 57.4 Å². The normalized spacial score (nSPS) is 49.6. The highest BCUT2D eigenvalue weighted by atomic mass is 19.1. The number of hydrogen-bond donors (Lipinski definition) is 2. The molecule has 3 aliphatic carbocycles. The summed E-state index contributed by atoms with van der Waals surface area (Å²) in [5.41, 5.74) is -0.657. The van der Waals surface area contributed by atoms with E-state index in [9.17, 15) is 10.2 Å². The Balaban J connectivity index is 1.34. The number of aromatic nitrogens is 1. The van der Waals surface area contributed by atoms with Gasteiger partial charge in [0.15, 0.2) is 0 Å². The van der Waals surface area contributed by atoms with Crippen LogP contribution in [0.25, 0.3) is 6.08 Å². The Bertz CT molecular complexity index is 1030. The van der Waals surface area contributed by atoms with Gasteiger partial charge < -0.3 is 19.8 Å². The van der Waals surface area contributed by atoms with Crippen molar-refractivity contribution >= 4 is 6.08 Å². The first-order valence-electron chi connectivity index (χ1n) is 12.8. The van der Waals surface area contributed by atoms with Gasteiger partial charge in [-0.25, -0.2) is 4.39 Å². The molecule has 0 radical (unpaired) electrons. The first-order valence-corrected chi connectivity index (χ1v) is 12.8. The molecule has 5 aliphatic rings. The van der Waals surface area contributed by atoms with E-state index in [2.05, 4.69) is 30.1 Å². The molecule has 0 aromatic carbocycles. The highest BCUT2D eigenvalue weighted by Crippen LogP contribution is 2.72. The average Bonchev–Trinajstić information content (AvgIpc) is 3.34. The molecule has 5 nitrogen and oxygen atoms in total. The van der Waals surface area contributed by atoms with E-state index >= 15 is 4.39 Å². The summed E-state index contributed by atoms with van der Waals surface area (Å²) in [4.78, 5) is 6.19. The molecular formula is C28H37FN2O3. The Kier molecular flexibility index (Phi) is 5.01. The van der Waals surface area contributed by atoms with E-state index < -0.39 is 29.1 Å². The van der Waals surface area contributed by atoms with Crippen molar-refractivity contribution in [2.24, 2.45) is 17.3 Å². The van der Waals surface area contributed by atoms with Crippen molar-refractivity contribution in [3.05, 3.63) is 47.8 Å². The van der Waals surface area contributed by atoms with Crippen LogP contribution in [0.3, 0.4) is 0 Å². The molecule has 1 aromatic rings. The van der Waals surface area contributed by atoms with Crippen LogP contribution in [-0.2, 0) is 4.74 Å². The number of aliphatic hydroxyl groups excluding tert-OH is 2. The number of aliphatic hydroxyl groups is 2. The second kappa shape index (κ2) is 7.45. The standard InChI is InChI=1S/C28H37FN2O3/c1-25-10-12-27(29)15-20-23(32)24(33)21(31(2)3)16-26(20)11-13-28(27,34-26)22(25)9-8-19(25)7-6-18-5-4-14-30-17-18/h4-8,14,17,20-24,32-33H,9-13,15-16H2,1-3H3/b7-6+/t20?,21-,22?,23+,24+,25+,26+,27?,28-/m0/s1. The second-order valence-corrected chi connectivity index (χ2v) is 12.0. The number of rotatable bonds is 3. The van der Waals surface area contributed by atoms with Crippen LogP contribution in [-0.4, -0.2) is 69.3 Å². The number of ether oxygens (including phenoxy) is 1. The molecule has 0 amide bonds. The monoisotopic (exact) mass is 468 g/mol. The molecule has 1 aromatic heterocycles. The van der Waals surface area contributed by atoms with Gasteiger partial charge in [0.2, 0.25) is 0 Å². The summed E-state index contributed by atoms with van der Waals surface area (Å²) in [7, 11) is 3.87. The molecule has 4 fully saturated rings. The Morgan fingerprint density at radius 3 is 2.68 bits per heavy atom. The topological polar surface area (TPSA) is 65.8 Å². The molecule has 2 N–H and O–H groups in total. The van der Waals surface area contributed by atoms with E-state index in [1.807, 2.05) is 37.3 Å². The summed E-state index contributed by atoms with van der Waals surface area (Å²) in [6.07, 6.45) is 12.8. The second-order valence-electron chi connectivity index (χ2n) is 12.0. The van der Waals surface area contributed by atoms with Crippen LogP contribution in [0.2, 0.25) is 0 Å². The molecule has 184 valence electrons. The van der Waals surface area contributed by atoms with E-state index in [4.69, 9.17) is 4.74 Å². The van der Waals surface area contributed by atoms with Gasteiger partial charge in [0.1, 0.15) is 11.3 Å². The zero-order valence-electron chi connectivity index (χ0n) is 20.5. The lowest BCUT2D eigenvalue weighted by Gasteiger charge is -2.64. The van der Waals surface area contributed by atoms with Crippen LogP contribution < -0.4 is 0 Å². The maximum Gasteiger partial charge on any atom is 0.140 e. The van der Waals surface area contributed by atoms with Crippen LogP contribution >= 0.6 is 0 Å². The predicted octanol–water partition coefficient (Wildman–Crippen LogP) is 3.91. The minimum atomic E-state index is -1.47. The van der Waals surface area contributed by atoms with Gasteiger partial charge in [-0.3, -0.25) is 4.98 Å². The number of pyridine rings is 1. The Morgan fingerprint density at radius 2 is 1.94 bits per heavy atom. The SMILES string of the molecule is CN(C)[C@H]1C[C@@]23CC[C@]4(O2)C2CC=C(/C=C/c5cccnc5)[C@@]2(C)CCC4(F)CC3[C@@H](O)[C@@H]1O. The van der Waals surface area contributed by atoms with Crippen molar-refractivity contribution in [2.75, 3.05) is 14.1 Å². The molecule has 2 saturated heterocycles. The third-order valence-corrected chi connectivity index (χ3v) is 10.4. The number of halogens is 1. The molecule has 6 heteroatoms. The molecule has 9 atom stereocenters. The van der Waals surface area contributed by atoms with Crippen LogP contribution in [0.4, 0.5) is 4.39 Å². The van der Waals surface area contributed by atoms with Gasteiger partial charge in [-0.2, -0.15) is 0 Å². The van der Waals surface area contributed by atoms with Crippen LogP contribution in [0.5, 0.6) is 0 Å². The van der Waals surface area contributed by atoms with Crippen molar-refractivity contribution in [3.63, 3.8) is 0 Å². The maximum atomic E-state index is 17.0. The number of allylic oxidation sites excluding steroid dienone is 3. The lowest BCUT2D eigenvalue weighted by Crippen LogP contribution is -2.72. The lowest BCUT2D eigenvalue weighted by molar-refractivity contribution is -0.315. The third kappa shape index (κ3) is 2.89. The van der Waals surface area contributed by atoms with E-state index in [1.54, 1.807) is 6.20 Å². The van der Waals surface area contributed by atoms with Gasteiger partial charge >= 0.3 is 0 Å². The Hall–Kier alpha value is -1.60. The molecule has 2 bridgehead atoms. The van der Waals surface area contributed by atoms with Gasteiger partial charge in [0.25, 0.3) is 0 Å². The lowest BCUT2D eigenvalue weighted by atomic mass is 9.52. The van der Waals surface area contributed by atoms with E-state index in [-0.39, 0.29) is 23.3 Å². The van der Waals surface area contributed by atoms with E-state index in [1.165, 1.54) is 5.57 Å². The van der Waals surface area contributed by atoms with E-state index in [0.717, 1.165) is 24.8 Å². The Morgan fingerprint density at radius 1 is 1.12 bits per heavy atom. The molecular weight excluding hydrogens is 431 g/mol. The highest BCUT2D eigenvalue weighted by molar-refractivity contribution is 5.54. The van der Waals surface area contributed by atoms with Crippen molar-refractivity contribution in [2.45, 2.75) is 87.0 Å². The summed E-state index contributed by atoms with van der Waals surface area (Å²) < 4.78 is 24.1. The fourth-order valence-electron chi connectivity index (χ4n) is 8.51. The third-order valence-electron chi connectivity index (χ3n) is 10.4. The first-order chi connectivity index (χ1) is 16.1. The summed E-state index contributed by atoms with van der Waals surface area (Å²) in [6.45, 7) is 2.29. The number of alkyl halides is 1. The molecule has 2 aliphatic heterocycles. The largest absolute Gasteiger partial charge is 0.390 e. The minimum Gasteiger partial charge on any atom is -0.390 e. The zero-order chi connectivity index (χ0) is 23.9. The zero-order valence-corrected chi connectivity index (χ0v) is 20.5. The van der Waals surface area contributed by atoms with Gasteiger partial charge in [0, 0.05) is 30.3 Å². The minimum absolute atomic E-state index is 0.0782. The molecule has 6 rings (SSSR count). The molecule has 2 spiro atoms. The summed E-state index contributed by atoms with van der Waals surface area (Å²) >= 11 is 0. The van der Waals surface area contributed by atoms with Gasteiger partial charge in [-0.05, 0) is 81.7 Å². The average molecular weight is 469 g/mol. The van der Waals surface area contributed by atoms with E-state index in [0.29, 0.717) is 25.7 Å². The predicted molar refractivity (Wildman–Crippen MR) is 129 cm³/mol. The molecule has 3 heterocycles. The summed E-state index contributed by atoms with van der Waals surface area (Å²) in [5, 5.41) is 22.0. The highest BCUT2D eigenvalue weighted by Gasteiger charge is 2.77. The van der Waals surface area contributed by atoms with Crippen LogP contribution in [0, 0.1) is 17.3 Å². The first kappa shape index (κ1) is 22.8. The van der Waals surface area contributed by atoms with Crippen molar-refractivity contribution in [1.82, 2.24) is 9.88 Å². The summed E-state index contributed by atoms with van der Waals surface area (Å²) in [6, 6.07) is 3.79. The number of nitrogens with zero attached hydrogens (tertiary/aromatic N) is 2. The van der Waals surface area contributed by atoms with Gasteiger partial charge in [-0.15, -0.1) is 0 Å². The smallest absolute Gasteiger partial charge is 0.140 e. The van der Waals surface area contributed by atoms with Crippen molar-refractivity contribution < 1.29 is 19.3 Å². The number of likely N-dealkylation sites (N-methyl/N-ethyl adjacent to an activating group) is 1. The molecule has 2 saturated carbocycles.